The number of hydrogen-bond acceptors (Lipinski definition) is 5. The molecule has 3 N–H and O–H groups in total. The van der Waals surface area contributed by atoms with Crippen molar-refractivity contribution < 1.29 is 22.1 Å². The van der Waals surface area contributed by atoms with Gasteiger partial charge in [0.25, 0.3) is 0 Å². The number of benzene rings is 1. The highest BCUT2D eigenvalue weighted by Crippen LogP contribution is 2.22. The van der Waals surface area contributed by atoms with E-state index in [2.05, 4.69) is 9.50 Å². The smallest absolute Gasteiger partial charge is 0.412 e. The molecule has 0 aromatic heterocycles. The van der Waals surface area contributed by atoms with E-state index in [1.54, 1.807) is 20.8 Å². The fraction of sp³-hybridized carbons (Fsp3) is 0.417. The Morgan fingerprint density at radius 3 is 2.52 bits per heavy atom. The van der Waals surface area contributed by atoms with Gasteiger partial charge in [-0.25, -0.2) is 9.93 Å². The lowest BCUT2D eigenvalue weighted by Crippen LogP contribution is -2.27. The summed E-state index contributed by atoms with van der Waals surface area (Å²) in [5.74, 6) is 0. The van der Waals surface area contributed by atoms with Gasteiger partial charge in [-0.1, -0.05) is 11.6 Å². The number of nitrogens with two attached hydrogens (primary N) is 1. The van der Waals surface area contributed by atoms with Gasteiger partial charge in [-0.3, -0.25) is 9.50 Å². The van der Waals surface area contributed by atoms with Crippen molar-refractivity contribution in [3.63, 3.8) is 0 Å². The molecule has 0 unspecified atom stereocenters. The van der Waals surface area contributed by atoms with Gasteiger partial charge in [0.1, 0.15) is 5.60 Å². The number of carbonyl (C=O) groups excluding carboxylic acids is 1. The van der Waals surface area contributed by atoms with E-state index in [1.165, 1.54) is 18.2 Å². The third-order valence-corrected chi connectivity index (χ3v) is 2.76. The molecule has 1 aromatic rings. The maximum Gasteiger partial charge on any atom is 0.412 e. The Bertz CT molecular complexity index is 625. The first-order chi connectivity index (χ1) is 9.46. The standard InChI is InChI=1S/C12H17ClN2O5S/c1-12(2,3)20-11(16)15-10-5-4-9(13)6-8(10)7-19-21(14,17)18/h4-6H,7H2,1-3H3,(H,15,16)(H2,14,17,18). The topological polar surface area (TPSA) is 108 Å². The van der Waals surface area contributed by atoms with Crippen LogP contribution in [0.25, 0.3) is 0 Å². The summed E-state index contributed by atoms with van der Waals surface area (Å²) in [5, 5.41) is 7.62. The van der Waals surface area contributed by atoms with Crippen molar-refractivity contribution in [1.29, 1.82) is 0 Å². The molecule has 0 saturated carbocycles. The van der Waals surface area contributed by atoms with E-state index in [-0.39, 0.29) is 6.61 Å². The molecule has 0 aliphatic carbocycles. The van der Waals surface area contributed by atoms with Crippen molar-refractivity contribution in [2.24, 2.45) is 5.14 Å². The van der Waals surface area contributed by atoms with E-state index in [9.17, 15) is 13.2 Å². The molecule has 1 rings (SSSR count). The Balaban J connectivity index is 2.89. The van der Waals surface area contributed by atoms with Crippen LogP contribution in [0.5, 0.6) is 0 Å². The Morgan fingerprint density at radius 2 is 2.00 bits per heavy atom. The number of amides is 1. The molecule has 9 heteroatoms. The first kappa shape index (κ1) is 17.7. The van der Waals surface area contributed by atoms with Gasteiger partial charge >= 0.3 is 16.4 Å². The molecule has 0 aliphatic rings. The van der Waals surface area contributed by atoms with Gasteiger partial charge in [0.15, 0.2) is 0 Å². The number of halogens is 1. The first-order valence-electron chi connectivity index (χ1n) is 5.92. The van der Waals surface area contributed by atoms with E-state index in [1.807, 2.05) is 0 Å². The first-order valence-corrected chi connectivity index (χ1v) is 7.77. The molecule has 0 heterocycles. The minimum absolute atomic E-state index is 0.317. The molecule has 0 radical (unpaired) electrons. The zero-order valence-electron chi connectivity index (χ0n) is 11.8. The molecule has 1 amide bonds. The molecule has 0 saturated heterocycles. The van der Waals surface area contributed by atoms with Crippen molar-refractivity contribution in [3.8, 4) is 0 Å². The summed E-state index contributed by atoms with van der Waals surface area (Å²) in [5.41, 5.74) is 0.00742. The second-order valence-electron chi connectivity index (χ2n) is 5.18. The summed E-state index contributed by atoms with van der Waals surface area (Å²) < 4.78 is 31.2. The van der Waals surface area contributed by atoms with Crippen LogP contribution in [-0.4, -0.2) is 20.1 Å². The van der Waals surface area contributed by atoms with Crippen LogP contribution in [0, 0.1) is 0 Å². The quantitative estimate of drug-likeness (QED) is 0.877. The summed E-state index contributed by atoms with van der Waals surface area (Å²) in [6.07, 6.45) is -0.679. The number of ether oxygens (including phenoxy) is 1. The van der Waals surface area contributed by atoms with Crippen molar-refractivity contribution in [3.05, 3.63) is 28.8 Å². The second-order valence-corrected chi connectivity index (χ2v) is 6.84. The van der Waals surface area contributed by atoms with Gasteiger partial charge in [-0.15, -0.1) is 0 Å². The highest BCUT2D eigenvalue weighted by atomic mass is 35.5. The van der Waals surface area contributed by atoms with Crippen LogP contribution >= 0.6 is 11.6 Å². The van der Waals surface area contributed by atoms with Crippen LogP contribution in [-0.2, 0) is 25.8 Å². The Hall–Kier alpha value is -1.35. The summed E-state index contributed by atoms with van der Waals surface area (Å²) >= 11 is 5.83. The van der Waals surface area contributed by atoms with E-state index >= 15 is 0 Å². The van der Waals surface area contributed by atoms with E-state index in [0.717, 1.165) is 0 Å². The second kappa shape index (κ2) is 6.61. The zero-order valence-corrected chi connectivity index (χ0v) is 13.4. The van der Waals surface area contributed by atoms with E-state index in [0.29, 0.717) is 16.3 Å². The fourth-order valence-corrected chi connectivity index (χ4v) is 1.85. The van der Waals surface area contributed by atoms with Gasteiger partial charge in [0, 0.05) is 16.3 Å². The van der Waals surface area contributed by atoms with E-state index < -0.39 is 22.0 Å². The Morgan fingerprint density at radius 1 is 1.38 bits per heavy atom. The highest BCUT2D eigenvalue weighted by Gasteiger charge is 2.17. The zero-order chi connectivity index (χ0) is 16.3. The minimum Gasteiger partial charge on any atom is -0.444 e. The lowest BCUT2D eigenvalue weighted by molar-refractivity contribution is 0.0635. The van der Waals surface area contributed by atoms with E-state index in [4.69, 9.17) is 21.5 Å². The highest BCUT2D eigenvalue weighted by molar-refractivity contribution is 7.84. The SMILES string of the molecule is CC(C)(C)OC(=O)Nc1ccc(Cl)cc1COS(N)(=O)=O. The van der Waals surface area contributed by atoms with Gasteiger partial charge < -0.3 is 4.74 Å². The third kappa shape index (κ3) is 7.28. The molecule has 0 bridgehead atoms. The average Bonchev–Trinajstić information content (AvgIpc) is 2.26. The molecular formula is C12H17ClN2O5S. The summed E-state index contributed by atoms with van der Waals surface area (Å²) in [6, 6.07) is 4.50. The van der Waals surface area contributed by atoms with Crippen LogP contribution < -0.4 is 10.5 Å². The van der Waals surface area contributed by atoms with Crippen LogP contribution in [0.15, 0.2) is 18.2 Å². The summed E-state index contributed by atoms with van der Waals surface area (Å²) in [6.45, 7) is 4.81. The molecule has 0 spiro atoms. The van der Waals surface area contributed by atoms with Crippen LogP contribution in [0.3, 0.4) is 0 Å². The Labute approximate surface area is 128 Å². The van der Waals surface area contributed by atoms with Crippen LogP contribution in [0.2, 0.25) is 5.02 Å². The summed E-state index contributed by atoms with van der Waals surface area (Å²) in [4.78, 5) is 11.7. The number of rotatable bonds is 4. The predicted molar refractivity (Wildman–Crippen MR) is 79.2 cm³/mol. The predicted octanol–water partition coefficient (Wildman–Crippen LogP) is 2.41. The van der Waals surface area contributed by atoms with Gasteiger partial charge in [-0.2, -0.15) is 8.42 Å². The minimum atomic E-state index is -4.10. The largest absolute Gasteiger partial charge is 0.444 e. The molecule has 118 valence electrons. The van der Waals surface area contributed by atoms with Crippen LogP contribution in [0.1, 0.15) is 26.3 Å². The molecule has 0 aliphatic heterocycles. The lowest BCUT2D eigenvalue weighted by atomic mass is 10.2. The normalized spacial score (nSPS) is 12.0. The third-order valence-electron chi connectivity index (χ3n) is 2.08. The molecular weight excluding hydrogens is 320 g/mol. The monoisotopic (exact) mass is 336 g/mol. The molecule has 1 aromatic carbocycles. The number of carbonyl (C=O) groups is 1. The number of hydrogen-bond donors (Lipinski definition) is 2. The van der Waals surface area contributed by atoms with Gasteiger partial charge in [0.2, 0.25) is 0 Å². The molecule has 21 heavy (non-hydrogen) atoms. The maximum absolute atomic E-state index is 11.7. The fourth-order valence-electron chi connectivity index (χ4n) is 1.36. The van der Waals surface area contributed by atoms with Crippen molar-refractivity contribution in [2.45, 2.75) is 33.0 Å². The average molecular weight is 337 g/mol. The molecule has 7 nitrogen and oxygen atoms in total. The lowest BCUT2D eigenvalue weighted by Gasteiger charge is -2.20. The van der Waals surface area contributed by atoms with Crippen molar-refractivity contribution in [1.82, 2.24) is 0 Å². The maximum atomic E-state index is 11.7. The van der Waals surface area contributed by atoms with Crippen molar-refractivity contribution in [2.75, 3.05) is 5.32 Å². The number of nitrogens with one attached hydrogen (secondary N) is 1. The molecule has 0 atom stereocenters. The summed E-state index contributed by atoms with van der Waals surface area (Å²) in [7, 11) is -4.10. The Kier molecular flexibility index (Phi) is 5.57. The number of anilines is 1. The van der Waals surface area contributed by atoms with Crippen molar-refractivity contribution >= 4 is 33.7 Å². The van der Waals surface area contributed by atoms with Gasteiger partial charge in [-0.05, 0) is 39.0 Å². The molecule has 0 fully saturated rings. The van der Waals surface area contributed by atoms with Gasteiger partial charge in [0.05, 0.1) is 6.61 Å². The van der Waals surface area contributed by atoms with Crippen LogP contribution in [0.4, 0.5) is 10.5 Å².